The van der Waals surface area contributed by atoms with Crippen LogP contribution in [0.3, 0.4) is 0 Å². The van der Waals surface area contributed by atoms with Gasteiger partial charge >= 0.3 is 0 Å². The van der Waals surface area contributed by atoms with E-state index in [2.05, 4.69) is 23.2 Å². The van der Waals surface area contributed by atoms with Gasteiger partial charge in [0, 0.05) is 10.6 Å². The third kappa shape index (κ3) is 2.84. The highest BCUT2D eigenvalue weighted by Gasteiger charge is 2.11. The predicted octanol–water partition coefficient (Wildman–Crippen LogP) is 5.81. The van der Waals surface area contributed by atoms with E-state index in [0.29, 0.717) is 0 Å². The molecule has 4 rings (SSSR count). The first kappa shape index (κ1) is 14.7. The molecule has 3 heteroatoms. The molecular formula is C21H15ClN2. The van der Waals surface area contributed by atoms with E-state index in [1.165, 1.54) is 0 Å². The van der Waals surface area contributed by atoms with Crippen molar-refractivity contribution in [2.45, 2.75) is 0 Å². The number of hydrogen-bond donors (Lipinski definition) is 1. The van der Waals surface area contributed by atoms with E-state index < -0.39 is 0 Å². The first-order valence-electron chi connectivity index (χ1n) is 7.78. The Balaban J connectivity index is 1.92. The lowest BCUT2D eigenvalue weighted by molar-refractivity contribution is 1.26. The van der Waals surface area contributed by atoms with Crippen molar-refractivity contribution >= 4 is 34.3 Å². The molecule has 24 heavy (non-hydrogen) atoms. The minimum atomic E-state index is 0.724. The van der Waals surface area contributed by atoms with Crippen LogP contribution in [0, 0.1) is 0 Å². The molecule has 1 N–H and O–H groups in total. The number of rotatable bonds is 3. The number of imidazole rings is 1. The Labute approximate surface area is 145 Å². The summed E-state index contributed by atoms with van der Waals surface area (Å²) >= 11 is 6.35. The normalized spacial score (nSPS) is 11.8. The molecule has 1 aromatic heterocycles. The molecule has 0 radical (unpaired) electrons. The molecule has 0 saturated carbocycles. The maximum absolute atomic E-state index is 6.35. The molecule has 2 nitrogen and oxygen atoms in total. The Morgan fingerprint density at radius 2 is 1.54 bits per heavy atom. The minimum Gasteiger partial charge on any atom is -0.338 e. The molecule has 0 amide bonds. The zero-order valence-corrected chi connectivity index (χ0v) is 13.7. The number of fused-ring (bicyclic) bond motifs is 1. The van der Waals surface area contributed by atoms with Crippen LogP contribution in [0.15, 0.2) is 78.9 Å². The Kier molecular flexibility index (Phi) is 3.89. The molecule has 116 valence electrons. The third-order valence-corrected chi connectivity index (χ3v) is 4.28. The van der Waals surface area contributed by atoms with E-state index in [9.17, 15) is 0 Å². The molecule has 0 unspecified atom stereocenters. The van der Waals surface area contributed by atoms with Crippen LogP contribution in [0.1, 0.15) is 17.0 Å². The van der Waals surface area contributed by atoms with Gasteiger partial charge in [0.1, 0.15) is 5.82 Å². The average molecular weight is 331 g/mol. The van der Waals surface area contributed by atoms with E-state index in [-0.39, 0.29) is 0 Å². The predicted molar refractivity (Wildman–Crippen MR) is 101 cm³/mol. The van der Waals surface area contributed by atoms with Crippen molar-refractivity contribution in [1.82, 2.24) is 9.97 Å². The number of aromatic nitrogens is 2. The fraction of sp³-hybridized carbons (Fsp3) is 0. The summed E-state index contributed by atoms with van der Waals surface area (Å²) in [5.41, 5.74) is 5.05. The minimum absolute atomic E-state index is 0.724. The lowest BCUT2D eigenvalue weighted by atomic mass is 10.0. The van der Waals surface area contributed by atoms with Crippen molar-refractivity contribution in [1.29, 1.82) is 0 Å². The summed E-state index contributed by atoms with van der Waals surface area (Å²) in [6.07, 6.45) is 2.08. The van der Waals surface area contributed by atoms with Crippen LogP contribution >= 0.6 is 11.6 Å². The van der Waals surface area contributed by atoms with Crippen LogP contribution in [0.5, 0.6) is 0 Å². The molecule has 0 bridgehead atoms. The fourth-order valence-electron chi connectivity index (χ4n) is 2.73. The van der Waals surface area contributed by atoms with E-state index in [0.717, 1.165) is 38.6 Å². The van der Waals surface area contributed by atoms with Crippen LogP contribution in [0.4, 0.5) is 0 Å². The van der Waals surface area contributed by atoms with Crippen molar-refractivity contribution in [2.24, 2.45) is 0 Å². The highest BCUT2D eigenvalue weighted by molar-refractivity contribution is 6.32. The lowest BCUT2D eigenvalue weighted by Crippen LogP contribution is -1.91. The zero-order valence-electron chi connectivity index (χ0n) is 12.9. The van der Waals surface area contributed by atoms with E-state index >= 15 is 0 Å². The highest BCUT2D eigenvalue weighted by atomic mass is 35.5. The number of benzene rings is 3. The van der Waals surface area contributed by atoms with Gasteiger partial charge in [0.2, 0.25) is 0 Å². The van der Waals surface area contributed by atoms with Gasteiger partial charge in [-0.3, -0.25) is 0 Å². The second-order valence-electron chi connectivity index (χ2n) is 5.55. The highest BCUT2D eigenvalue weighted by Crippen LogP contribution is 2.28. The molecule has 0 aliphatic heterocycles. The Morgan fingerprint density at radius 1 is 0.833 bits per heavy atom. The summed E-state index contributed by atoms with van der Waals surface area (Å²) < 4.78 is 0. The summed E-state index contributed by atoms with van der Waals surface area (Å²) in [5, 5.41) is 0.724. The molecule has 0 atom stereocenters. The van der Waals surface area contributed by atoms with Gasteiger partial charge in [-0.1, -0.05) is 72.3 Å². The smallest absolute Gasteiger partial charge is 0.139 e. The second-order valence-corrected chi connectivity index (χ2v) is 5.96. The second kappa shape index (κ2) is 6.34. The van der Waals surface area contributed by atoms with Gasteiger partial charge in [-0.2, -0.15) is 0 Å². The molecule has 0 spiro atoms. The van der Waals surface area contributed by atoms with Crippen LogP contribution in [-0.2, 0) is 0 Å². The number of nitrogens with zero attached hydrogens (tertiary/aromatic N) is 1. The monoisotopic (exact) mass is 330 g/mol. The van der Waals surface area contributed by atoms with Gasteiger partial charge < -0.3 is 4.98 Å². The SMILES string of the molecule is Clc1ccccc1/C=C(/c1ccccc1)c1nc2ccccc2[nH]1. The first-order valence-corrected chi connectivity index (χ1v) is 8.16. The van der Waals surface area contributed by atoms with E-state index in [4.69, 9.17) is 16.6 Å². The van der Waals surface area contributed by atoms with E-state index in [1.807, 2.05) is 66.7 Å². The number of H-pyrrole nitrogens is 1. The number of halogens is 1. The zero-order chi connectivity index (χ0) is 16.4. The lowest BCUT2D eigenvalue weighted by Gasteiger charge is -2.06. The number of aromatic amines is 1. The Hall–Kier alpha value is -2.84. The molecule has 0 fully saturated rings. The molecule has 1 heterocycles. The Bertz CT molecular complexity index is 983. The summed E-state index contributed by atoms with van der Waals surface area (Å²) in [7, 11) is 0. The van der Waals surface area contributed by atoms with Crippen molar-refractivity contribution in [3.8, 4) is 0 Å². The van der Waals surface area contributed by atoms with Crippen molar-refractivity contribution < 1.29 is 0 Å². The van der Waals surface area contributed by atoms with Gasteiger partial charge in [-0.25, -0.2) is 4.98 Å². The summed E-state index contributed by atoms with van der Waals surface area (Å²) in [6.45, 7) is 0. The maximum Gasteiger partial charge on any atom is 0.139 e. The molecule has 0 aliphatic carbocycles. The van der Waals surface area contributed by atoms with Gasteiger partial charge in [0.05, 0.1) is 11.0 Å². The molecule has 4 aromatic rings. The van der Waals surface area contributed by atoms with Crippen molar-refractivity contribution in [3.05, 3.63) is 101 Å². The molecule has 0 saturated heterocycles. The van der Waals surface area contributed by atoms with Crippen molar-refractivity contribution in [2.75, 3.05) is 0 Å². The number of hydrogen-bond acceptors (Lipinski definition) is 1. The van der Waals surface area contributed by atoms with Crippen LogP contribution in [-0.4, -0.2) is 9.97 Å². The van der Waals surface area contributed by atoms with E-state index in [1.54, 1.807) is 0 Å². The number of para-hydroxylation sites is 2. The molecule has 3 aromatic carbocycles. The Morgan fingerprint density at radius 3 is 2.33 bits per heavy atom. The average Bonchev–Trinajstić information content (AvgIpc) is 3.05. The van der Waals surface area contributed by atoms with Crippen LogP contribution < -0.4 is 0 Å². The van der Waals surface area contributed by atoms with Crippen LogP contribution in [0.2, 0.25) is 5.02 Å². The fourth-order valence-corrected chi connectivity index (χ4v) is 2.92. The van der Waals surface area contributed by atoms with Gasteiger partial charge in [-0.15, -0.1) is 0 Å². The standard InChI is InChI=1S/C21H15ClN2/c22-18-11-5-4-10-16(18)14-17(15-8-2-1-3-9-15)21-23-19-12-6-7-13-20(19)24-21/h1-14H,(H,23,24)/b17-14-. The summed E-state index contributed by atoms with van der Waals surface area (Å²) in [4.78, 5) is 8.16. The first-order chi connectivity index (χ1) is 11.8. The van der Waals surface area contributed by atoms with Gasteiger partial charge in [0.25, 0.3) is 0 Å². The molecular weight excluding hydrogens is 316 g/mol. The summed E-state index contributed by atoms with van der Waals surface area (Å²) in [5.74, 6) is 0.835. The largest absolute Gasteiger partial charge is 0.338 e. The molecule has 0 aliphatic rings. The van der Waals surface area contributed by atoms with Crippen LogP contribution in [0.25, 0.3) is 22.7 Å². The third-order valence-electron chi connectivity index (χ3n) is 3.93. The number of nitrogens with one attached hydrogen (secondary N) is 1. The van der Waals surface area contributed by atoms with Crippen molar-refractivity contribution in [3.63, 3.8) is 0 Å². The quantitative estimate of drug-likeness (QED) is 0.472. The topological polar surface area (TPSA) is 28.7 Å². The van der Waals surface area contributed by atoms with Gasteiger partial charge in [-0.05, 0) is 35.4 Å². The van der Waals surface area contributed by atoms with Gasteiger partial charge in [0.15, 0.2) is 0 Å². The summed E-state index contributed by atoms with van der Waals surface area (Å²) in [6, 6.07) is 26.1. The maximum atomic E-state index is 6.35.